The maximum Gasteiger partial charge on any atom is 0.227 e. The van der Waals surface area contributed by atoms with Crippen LogP contribution >= 0.6 is 22.9 Å². The third-order valence-electron chi connectivity index (χ3n) is 7.26. The number of hydrogen-bond acceptors (Lipinski definition) is 7. The molecule has 0 spiro atoms. The molecule has 4 aromatic rings. The lowest BCUT2D eigenvalue weighted by Gasteiger charge is -2.16. The Morgan fingerprint density at radius 3 is 2.59 bits per heavy atom. The number of phenolic OH excluding ortho intramolecular Hbond substituents is 1. The number of benzene rings is 2. The van der Waals surface area contributed by atoms with Gasteiger partial charge in [0.1, 0.15) is 22.6 Å². The number of carbonyl (C=O) groups excluding carboxylic acids is 1. The molecular weight excluding hydrogens is 558 g/mol. The van der Waals surface area contributed by atoms with Crippen LogP contribution in [0.5, 0.6) is 5.75 Å². The number of nitrogens with zero attached hydrogens (tertiary/aromatic N) is 4. The summed E-state index contributed by atoms with van der Waals surface area (Å²) in [6.07, 6.45) is 1.94. The van der Waals surface area contributed by atoms with E-state index >= 15 is 0 Å². The van der Waals surface area contributed by atoms with Gasteiger partial charge in [-0.15, -0.1) is 21.5 Å². The first kappa shape index (κ1) is 27.2. The fraction of sp³-hybridized carbons (Fsp3) is 0.290. The van der Waals surface area contributed by atoms with Crippen molar-refractivity contribution in [2.45, 2.75) is 39.2 Å². The summed E-state index contributed by atoms with van der Waals surface area (Å²) in [6.45, 7) is 5.48. The molecule has 2 aliphatic heterocycles. The van der Waals surface area contributed by atoms with Gasteiger partial charge in [0.15, 0.2) is 5.82 Å². The monoisotopic (exact) mass is 585 g/mol. The molecule has 208 valence electrons. The number of nitrogens with one attached hydrogen (secondary N) is 1. The Morgan fingerprint density at radius 2 is 1.85 bits per heavy atom. The van der Waals surface area contributed by atoms with Gasteiger partial charge in [0.05, 0.1) is 17.0 Å². The summed E-state index contributed by atoms with van der Waals surface area (Å²) in [7, 11) is 0. The molecule has 2 aliphatic rings. The molecule has 1 amide bonds. The Kier molecular flexibility index (Phi) is 7.63. The van der Waals surface area contributed by atoms with Crippen LogP contribution in [0.4, 0.5) is 5.69 Å². The van der Waals surface area contributed by atoms with E-state index in [-0.39, 0.29) is 18.1 Å². The van der Waals surface area contributed by atoms with Crippen LogP contribution in [0.1, 0.15) is 58.5 Å². The minimum Gasteiger partial charge on any atom is -0.508 e. The summed E-state index contributed by atoms with van der Waals surface area (Å²) in [5.74, 6) is 8.46. The summed E-state index contributed by atoms with van der Waals surface area (Å²) >= 11 is 7.84. The number of anilines is 1. The molecule has 4 heterocycles. The molecule has 0 unspecified atom stereocenters. The van der Waals surface area contributed by atoms with E-state index in [0.29, 0.717) is 28.3 Å². The summed E-state index contributed by atoms with van der Waals surface area (Å²) in [4.78, 5) is 19.4. The first-order valence-electron chi connectivity index (χ1n) is 13.5. The minimum absolute atomic E-state index is 0.0561. The SMILES string of the molecule is Cc1c(C#CC2CCOCC2)sc2c1C(c1ccc(Cl)cc1)=N[C@@H](CC(=O)Nc1ccc(O)cc1)c1nnc(C)n1-2. The second-order valence-electron chi connectivity index (χ2n) is 10.1. The molecule has 0 saturated carbocycles. The number of amides is 1. The van der Waals surface area contributed by atoms with E-state index in [2.05, 4.69) is 34.3 Å². The second kappa shape index (κ2) is 11.5. The number of aryl methyl sites for hydroxylation is 1. The molecule has 0 radical (unpaired) electrons. The Balaban J connectivity index is 1.44. The highest BCUT2D eigenvalue weighted by Crippen LogP contribution is 2.40. The second-order valence-corrected chi connectivity index (χ2v) is 11.6. The summed E-state index contributed by atoms with van der Waals surface area (Å²) < 4.78 is 7.51. The number of fused-ring (bicyclic) bond motifs is 3. The molecule has 6 rings (SSSR count). The molecule has 2 N–H and O–H groups in total. The Morgan fingerprint density at radius 1 is 1.12 bits per heavy atom. The predicted octanol–water partition coefficient (Wildman–Crippen LogP) is 6.00. The highest BCUT2D eigenvalue weighted by molar-refractivity contribution is 7.15. The van der Waals surface area contributed by atoms with Gasteiger partial charge in [0.25, 0.3) is 0 Å². The number of ether oxygens (including phenoxy) is 1. The van der Waals surface area contributed by atoms with Gasteiger partial charge in [-0.2, -0.15) is 0 Å². The van der Waals surface area contributed by atoms with E-state index in [1.54, 1.807) is 23.5 Å². The average Bonchev–Trinajstić information content (AvgIpc) is 3.47. The van der Waals surface area contributed by atoms with Gasteiger partial charge in [0.2, 0.25) is 5.91 Å². The standard InChI is InChI=1S/C31H28ClN5O3S/c1-18-26(12-3-20-13-15-40-16-14-20)41-31-28(18)29(21-4-6-22(32)7-5-21)34-25(30-36-35-19(2)37(30)31)17-27(39)33-23-8-10-24(38)11-9-23/h4-11,20,25,38H,13-17H2,1-2H3,(H,33,39)/t25-/m0/s1. The molecule has 8 nitrogen and oxygen atoms in total. The van der Waals surface area contributed by atoms with E-state index in [4.69, 9.17) is 21.3 Å². The lowest BCUT2D eigenvalue weighted by atomic mass is 9.98. The highest BCUT2D eigenvalue weighted by Gasteiger charge is 2.33. The van der Waals surface area contributed by atoms with Gasteiger partial charge in [-0.3, -0.25) is 14.4 Å². The maximum atomic E-state index is 13.2. The zero-order valence-corrected chi connectivity index (χ0v) is 24.2. The van der Waals surface area contributed by atoms with E-state index in [1.165, 1.54) is 12.1 Å². The number of halogens is 1. The zero-order valence-electron chi connectivity index (χ0n) is 22.6. The van der Waals surface area contributed by atoms with Gasteiger partial charge in [-0.05, 0) is 68.7 Å². The molecule has 2 aromatic heterocycles. The van der Waals surface area contributed by atoms with Gasteiger partial charge in [-0.1, -0.05) is 35.6 Å². The van der Waals surface area contributed by atoms with Crippen molar-refractivity contribution in [3.8, 4) is 22.6 Å². The van der Waals surface area contributed by atoms with Crippen molar-refractivity contribution < 1.29 is 14.6 Å². The number of hydrogen-bond donors (Lipinski definition) is 2. The predicted molar refractivity (Wildman–Crippen MR) is 160 cm³/mol. The van der Waals surface area contributed by atoms with Crippen molar-refractivity contribution in [1.29, 1.82) is 0 Å². The normalized spacial score (nSPS) is 16.6. The molecule has 2 aromatic carbocycles. The van der Waals surface area contributed by atoms with Crippen LogP contribution in [0.15, 0.2) is 53.5 Å². The van der Waals surface area contributed by atoms with Crippen LogP contribution in [-0.2, 0) is 9.53 Å². The maximum absolute atomic E-state index is 13.2. The van der Waals surface area contributed by atoms with Crippen LogP contribution in [0, 0.1) is 31.6 Å². The number of aliphatic imine (C=N–C) groups is 1. The topological polar surface area (TPSA) is 102 Å². The van der Waals surface area contributed by atoms with Crippen molar-refractivity contribution in [2.24, 2.45) is 10.9 Å². The number of thiophene rings is 1. The van der Waals surface area contributed by atoms with Crippen LogP contribution in [0.2, 0.25) is 5.02 Å². The van der Waals surface area contributed by atoms with Crippen molar-refractivity contribution in [3.63, 3.8) is 0 Å². The quantitative estimate of drug-likeness (QED) is 0.226. The molecule has 1 fully saturated rings. The highest BCUT2D eigenvalue weighted by atomic mass is 35.5. The van der Waals surface area contributed by atoms with Gasteiger partial charge in [0, 0.05) is 41.0 Å². The number of aromatic hydroxyl groups is 1. The van der Waals surface area contributed by atoms with Crippen molar-refractivity contribution in [2.75, 3.05) is 18.5 Å². The number of rotatable bonds is 4. The fourth-order valence-corrected chi connectivity index (χ4v) is 6.44. The van der Waals surface area contributed by atoms with E-state index in [0.717, 1.165) is 58.3 Å². The Labute approximate surface area is 247 Å². The van der Waals surface area contributed by atoms with Crippen LogP contribution in [0.25, 0.3) is 5.00 Å². The van der Waals surface area contributed by atoms with Crippen molar-refractivity contribution in [3.05, 3.63) is 86.8 Å². The van der Waals surface area contributed by atoms with Crippen LogP contribution in [0.3, 0.4) is 0 Å². The van der Waals surface area contributed by atoms with E-state index < -0.39 is 6.04 Å². The van der Waals surface area contributed by atoms with Gasteiger partial charge in [-0.25, -0.2) is 0 Å². The lowest BCUT2D eigenvalue weighted by molar-refractivity contribution is -0.116. The first-order chi connectivity index (χ1) is 19.9. The van der Waals surface area contributed by atoms with Gasteiger partial charge >= 0.3 is 0 Å². The molecule has 0 bridgehead atoms. The zero-order chi connectivity index (χ0) is 28.5. The molecule has 1 atom stereocenters. The van der Waals surface area contributed by atoms with E-state index in [1.807, 2.05) is 35.8 Å². The summed E-state index contributed by atoms with van der Waals surface area (Å²) in [5, 5.41) is 22.9. The average molecular weight is 586 g/mol. The van der Waals surface area contributed by atoms with E-state index in [9.17, 15) is 9.90 Å². The summed E-state index contributed by atoms with van der Waals surface area (Å²) in [5.41, 5.74) is 4.23. The van der Waals surface area contributed by atoms with Crippen LogP contribution < -0.4 is 5.32 Å². The fourth-order valence-electron chi connectivity index (χ4n) is 5.08. The molecular formula is C31H28ClN5O3S. The lowest BCUT2D eigenvalue weighted by Crippen LogP contribution is -2.17. The van der Waals surface area contributed by atoms with Crippen molar-refractivity contribution >= 4 is 40.2 Å². The first-order valence-corrected chi connectivity index (χ1v) is 14.6. The molecule has 1 saturated heterocycles. The Hall–Kier alpha value is -3.97. The van der Waals surface area contributed by atoms with Crippen molar-refractivity contribution in [1.82, 2.24) is 14.8 Å². The number of phenols is 1. The Bertz CT molecular complexity index is 1690. The minimum atomic E-state index is -0.588. The van der Waals surface area contributed by atoms with Gasteiger partial charge < -0.3 is 15.2 Å². The third kappa shape index (κ3) is 5.64. The largest absolute Gasteiger partial charge is 0.508 e. The van der Waals surface area contributed by atoms with Crippen LogP contribution in [-0.4, -0.2) is 44.7 Å². The molecule has 0 aliphatic carbocycles. The number of carbonyl (C=O) groups is 1. The molecule has 10 heteroatoms. The summed E-state index contributed by atoms with van der Waals surface area (Å²) in [6, 6.07) is 13.4. The number of aromatic nitrogens is 3. The molecule has 41 heavy (non-hydrogen) atoms. The third-order valence-corrected chi connectivity index (χ3v) is 8.70. The smallest absolute Gasteiger partial charge is 0.227 e.